The maximum atomic E-state index is 5.98. The van der Waals surface area contributed by atoms with Crippen molar-refractivity contribution in [3.05, 3.63) is 96.1 Å². The Morgan fingerprint density at radius 2 is 1.27 bits per heavy atom. The summed E-state index contributed by atoms with van der Waals surface area (Å²) in [6.45, 7) is 3.34. The van der Waals surface area contributed by atoms with E-state index in [1.165, 1.54) is 11.1 Å². The average Bonchev–Trinajstić information content (AvgIpc) is 2.71. The zero-order valence-corrected chi connectivity index (χ0v) is 15.0. The van der Waals surface area contributed by atoms with E-state index in [-0.39, 0.29) is 0 Å². The molecule has 0 saturated heterocycles. The first-order valence-corrected chi connectivity index (χ1v) is 9.16. The summed E-state index contributed by atoms with van der Waals surface area (Å²) in [6, 6.07) is 28.9. The molecule has 0 saturated carbocycles. The van der Waals surface area contributed by atoms with E-state index < -0.39 is 0 Å². The quantitative estimate of drug-likeness (QED) is 0.530. The summed E-state index contributed by atoms with van der Waals surface area (Å²) in [4.78, 5) is 0. The Labute approximate surface area is 156 Å². The van der Waals surface area contributed by atoms with Crippen LogP contribution in [0.25, 0.3) is 0 Å². The van der Waals surface area contributed by atoms with Gasteiger partial charge in [-0.05, 0) is 36.2 Å². The molecule has 0 unspecified atom stereocenters. The summed E-state index contributed by atoms with van der Waals surface area (Å²) in [6.07, 6.45) is 1.05. The van der Waals surface area contributed by atoms with Gasteiger partial charge in [-0.25, -0.2) is 0 Å². The number of benzene rings is 3. The van der Waals surface area contributed by atoms with Crippen LogP contribution in [0.15, 0.2) is 84.9 Å². The van der Waals surface area contributed by atoms with E-state index in [0.717, 1.165) is 37.5 Å². The predicted octanol–water partition coefficient (Wildman–Crippen LogP) is 4.51. The van der Waals surface area contributed by atoms with Gasteiger partial charge in [0.05, 0.1) is 5.69 Å². The molecule has 0 amide bonds. The molecule has 0 aliphatic heterocycles. The van der Waals surface area contributed by atoms with Crippen LogP contribution < -0.4 is 15.4 Å². The molecule has 0 radical (unpaired) electrons. The molecule has 3 aromatic rings. The lowest BCUT2D eigenvalue weighted by Gasteiger charge is -2.13. The Morgan fingerprint density at radius 1 is 0.615 bits per heavy atom. The number of rotatable bonds is 10. The summed E-state index contributed by atoms with van der Waals surface area (Å²) >= 11 is 0. The molecule has 3 aromatic carbocycles. The third kappa shape index (κ3) is 5.94. The van der Waals surface area contributed by atoms with Gasteiger partial charge in [0, 0.05) is 13.1 Å². The molecule has 0 atom stereocenters. The van der Waals surface area contributed by atoms with Crippen molar-refractivity contribution in [2.45, 2.75) is 13.0 Å². The van der Waals surface area contributed by atoms with Crippen molar-refractivity contribution in [3.8, 4) is 5.75 Å². The van der Waals surface area contributed by atoms with Crippen molar-refractivity contribution in [3.63, 3.8) is 0 Å². The molecule has 0 bridgehead atoms. The third-order valence-corrected chi connectivity index (χ3v) is 4.17. The van der Waals surface area contributed by atoms with Crippen LogP contribution >= 0.6 is 0 Å². The molecule has 0 aliphatic carbocycles. The van der Waals surface area contributed by atoms with Gasteiger partial charge >= 0.3 is 0 Å². The van der Waals surface area contributed by atoms with Crippen molar-refractivity contribution in [2.75, 3.05) is 25.0 Å². The first kappa shape index (κ1) is 18.0. The maximum absolute atomic E-state index is 5.98. The minimum atomic E-state index is 0.578. The Morgan fingerprint density at radius 3 is 2.04 bits per heavy atom. The fourth-order valence-corrected chi connectivity index (χ4v) is 2.76. The van der Waals surface area contributed by atoms with Gasteiger partial charge in [0.25, 0.3) is 0 Å². The number of hydrogen-bond acceptors (Lipinski definition) is 3. The van der Waals surface area contributed by atoms with E-state index in [4.69, 9.17) is 4.74 Å². The van der Waals surface area contributed by atoms with E-state index in [1.54, 1.807) is 0 Å². The summed E-state index contributed by atoms with van der Waals surface area (Å²) in [7, 11) is 0. The Kier molecular flexibility index (Phi) is 7.12. The smallest absolute Gasteiger partial charge is 0.142 e. The molecule has 0 heterocycles. The topological polar surface area (TPSA) is 33.3 Å². The van der Waals surface area contributed by atoms with Gasteiger partial charge in [-0.3, -0.25) is 0 Å². The largest absolute Gasteiger partial charge is 0.487 e. The molecule has 26 heavy (non-hydrogen) atoms. The zero-order valence-electron chi connectivity index (χ0n) is 15.0. The summed E-state index contributed by atoms with van der Waals surface area (Å²) in [5.41, 5.74) is 3.57. The predicted molar refractivity (Wildman–Crippen MR) is 109 cm³/mol. The van der Waals surface area contributed by atoms with Crippen LogP contribution in [-0.4, -0.2) is 19.6 Å². The summed E-state index contributed by atoms with van der Waals surface area (Å²) < 4.78 is 5.98. The van der Waals surface area contributed by atoms with Crippen LogP contribution in [-0.2, 0) is 13.0 Å². The molecule has 2 N–H and O–H groups in total. The van der Waals surface area contributed by atoms with Gasteiger partial charge in [-0.15, -0.1) is 0 Å². The fourth-order valence-electron chi connectivity index (χ4n) is 2.76. The van der Waals surface area contributed by atoms with Crippen molar-refractivity contribution < 1.29 is 4.74 Å². The molecular formula is C23H26N2O. The van der Waals surface area contributed by atoms with Gasteiger partial charge in [0.2, 0.25) is 0 Å². The van der Waals surface area contributed by atoms with E-state index in [1.807, 2.05) is 36.4 Å². The standard InChI is InChI=1S/C23H26N2O/c1-3-9-20(10-4-1)15-16-24-17-18-25-22-13-7-8-14-23(22)26-19-21-11-5-2-6-12-21/h1-14,24-25H,15-19H2. The number of anilines is 1. The molecule has 0 spiro atoms. The van der Waals surface area contributed by atoms with Gasteiger partial charge in [-0.1, -0.05) is 72.8 Å². The molecule has 3 rings (SSSR count). The first-order chi connectivity index (χ1) is 12.9. The van der Waals surface area contributed by atoms with Crippen LogP contribution in [0, 0.1) is 0 Å². The van der Waals surface area contributed by atoms with E-state index in [0.29, 0.717) is 6.61 Å². The second-order valence-corrected chi connectivity index (χ2v) is 6.18. The Hall–Kier alpha value is -2.78. The van der Waals surface area contributed by atoms with Gasteiger partial charge in [0.1, 0.15) is 12.4 Å². The highest BCUT2D eigenvalue weighted by molar-refractivity contribution is 5.56. The molecule has 3 nitrogen and oxygen atoms in total. The minimum Gasteiger partial charge on any atom is -0.487 e. The number of para-hydroxylation sites is 2. The van der Waals surface area contributed by atoms with E-state index in [2.05, 4.69) is 59.2 Å². The second-order valence-electron chi connectivity index (χ2n) is 6.18. The molecule has 0 aromatic heterocycles. The molecule has 3 heteroatoms. The van der Waals surface area contributed by atoms with E-state index >= 15 is 0 Å². The lowest BCUT2D eigenvalue weighted by molar-refractivity contribution is 0.307. The molecule has 134 valence electrons. The lowest BCUT2D eigenvalue weighted by Crippen LogP contribution is -2.24. The van der Waals surface area contributed by atoms with Crippen molar-refractivity contribution in [1.82, 2.24) is 5.32 Å². The Balaban J connectivity index is 1.39. The van der Waals surface area contributed by atoms with Crippen molar-refractivity contribution in [2.24, 2.45) is 0 Å². The highest BCUT2D eigenvalue weighted by Crippen LogP contribution is 2.24. The van der Waals surface area contributed by atoms with Gasteiger partial charge in [-0.2, -0.15) is 0 Å². The maximum Gasteiger partial charge on any atom is 0.142 e. The average molecular weight is 346 g/mol. The SMILES string of the molecule is c1ccc(CCNCCNc2ccccc2OCc2ccccc2)cc1. The number of nitrogens with one attached hydrogen (secondary N) is 2. The minimum absolute atomic E-state index is 0.578. The summed E-state index contributed by atoms with van der Waals surface area (Å²) in [5.74, 6) is 0.889. The normalized spacial score (nSPS) is 10.5. The van der Waals surface area contributed by atoms with Gasteiger partial charge in [0.15, 0.2) is 0 Å². The molecule has 0 aliphatic rings. The molecular weight excluding hydrogens is 320 g/mol. The number of hydrogen-bond donors (Lipinski definition) is 2. The highest BCUT2D eigenvalue weighted by Gasteiger charge is 2.02. The van der Waals surface area contributed by atoms with E-state index in [9.17, 15) is 0 Å². The van der Waals surface area contributed by atoms with Crippen LogP contribution in [0.2, 0.25) is 0 Å². The van der Waals surface area contributed by atoms with Crippen LogP contribution in [0.5, 0.6) is 5.75 Å². The number of ether oxygens (including phenoxy) is 1. The van der Waals surface area contributed by atoms with Crippen molar-refractivity contribution in [1.29, 1.82) is 0 Å². The fraction of sp³-hybridized carbons (Fsp3) is 0.217. The van der Waals surface area contributed by atoms with Gasteiger partial charge < -0.3 is 15.4 Å². The first-order valence-electron chi connectivity index (χ1n) is 9.16. The van der Waals surface area contributed by atoms with Crippen LogP contribution in [0.3, 0.4) is 0 Å². The lowest BCUT2D eigenvalue weighted by atomic mass is 10.1. The zero-order chi connectivity index (χ0) is 17.9. The Bertz CT molecular complexity index is 759. The van der Waals surface area contributed by atoms with Crippen LogP contribution in [0.1, 0.15) is 11.1 Å². The summed E-state index contributed by atoms with van der Waals surface area (Å²) in [5, 5.41) is 6.94. The third-order valence-electron chi connectivity index (χ3n) is 4.17. The van der Waals surface area contributed by atoms with Crippen LogP contribution in [0.4, 0.5) is 5.69 Å². The second kappa shape index (κ2) is 10.3. The highest BCUT2D eigenvalue weighted by atomic mass is 16.5. The van der Waals surface area contributed by atoms with Crippen molar-refractivity contribution >= 4 is 5.69 Å². The molecule has 0 fully saturated rings. The monoisotopic (exact) mass is 346 g/mol.